The monoisotopic (exact) mass is 178 g/mol. The number of hydrogen-bond acceptors (Lipinski definition) is 4. The Hall–Kier alpha value is -0.900. The minimum absolute atomic E-state index is 0.695. The molecule has 0 bridgehead atoms. The van der Waals surface area contributed by atoms with Crippen LogP contribution in [0, 0.1) is 0 Å². The second kappa shape index (κ2) is 4.08. The molecule has 5 heteroatoms. The van der Waals surface area contributed by atoms with Gasteiger partial charge < -0.3 is 4.74 Å². The maximum absolute atomic E-state index is 10.6. The first-order valence-corrected chi connectivity index (χ1v) is 3.25. The molecule has 0 aromatic carbocycles. The minimum atomic E-state index is -1.48. The third kappa shape index (κ3) is 3.72. The quantitative estimate of drug-likeness (QED) is 0.354. The Bertz CT molecular complexity index is 199. The van der Waals surface area contributed by atoms with Crippen LogP contribution in [0.5, 0.6) is 0 Å². The van der Waals surface area contributed by atoms with Crippen LogP contribution in [0.4, 0.5) is 0 Å². The number of carbonyl (C=O) groups excluding carboxylic acids is 3. The fourth-order valence-electron chi connectivity index (χ4n) is 0.359. The first-order valence-electron chi connectivity index (χ1n) is 2.81. The molecule has 0 spiro atoms. The molecule has 0 rings (SSSR count). The van der Waals surface area contributed by atoms with Gasteiger partial charge >= 0.3 is 5.97 Å². The molecule has 11 heavy (non-hydrogen) atoms. The van der Waals surface area contributed by atoms with E-state index >= 15 is 0 Å². The summed E-state index contributed by atoms with van der Waals surface area (Å²) in [5, 5.41) is 0. The normalized spacial score (nSPS) is 11.9. The molecule has 0 fully saturated rings. The number of alkyl halides is 1. The maximum Gasteiger partial charge on any atom is 0.304 e. The average molecular weight is 179 g/mol. The number of rotatable bonds is 3. The van der Waals surface area contributed by atoms with Crippen LogP contribution in [-0.2, 0) is 19.1 Å². The van der Waals surface area contributed by atoms with Crippen LogP contribution in [0.25, 0.3) is 0 Å². The van der Waals surface area contributed by atoms with Gasteiger partial charge in [-0.2, -0.15) is 0 Å². The number of carbonyl (C=O) groups is 3. The Morgan fingerprint density at radius 1 is 1.27 bits per heavy atom. The number of ketones is 2. The lowest BCUT2D eigenvalue weighted by atomic mass is 10.3. The highest BCUT2D eigenvalue weighted by Gasteiger charge is 2.21. The fraction of sp³-hybridized carbons (Fsp3) is 0.500. The van der Waals surface area contributed by atoms with Crippen LogP contribution in [-0.4, -0.2) is 23.1 Å². The molecule has 1 unspecified atom stereocenters. The lowest BCUT2D eigenvalue weighted by Crippen LogP contribution is -2.26. The van der Waals surface area contributed by atoms with Crippen LogP contribution in [0.3, 0.4) is 0 Å². The maximum atomic E-state index is 10.6. The smallest absolute Gasteiger partial charge is 0.304 e. The van der Waals surface area contributed by atoms with Crippen LogP contribution < -0.4 is 0 Å². The zero-order valence-corrected chi connectivity index (χ0v) is 6.84. The van der Waals surface area contributed by atoms with Crippen molar-refractivity contribution in [2.75, 3.05) is 0 Å². The Morgan fingerprint density at radius 2 is 1.73 bits per heavy atom. The van der Waals surface area contributed by atoms with Gasteiger partial charge in [0.15, 0.2) is 0 Å². The summed E-state index contributed by atoms with van der Waals surface area (Å²) < 4.78 is 4.23. The Kier molecular flexibility index (Phi) is 3.74. The van der Waals surface area contributed by atoms with E-state index in [1.54, 1.807) is 0 Å². The molecule has 0 aromatic heterocycles. The standard InChI is InChI=1S/C6H7ClO4/c1-3(8)5(10)6(7)11-4(2)9/h6H,1-2H3. The molecule has 0 heterocycles. The van der Waals surface area contributed by atoms with E-state index in [4.69, 9.17) is 11.6 Å². The molecule has 0 aromatic rings. The van der Waals surface area contributed by atoms with Crippen molar-refractivity contribution < 1.29 is 19.1 Å². The molecule has 0 saturated carbocycles. The van der Waals surface area contributed by atoms with E-state index in [-0.39, 0.29) is 0 Å². The van der Waals surface area contributed by atoms with E-state index < -0.39 is 23.1 Å². The van der Waals surface area contributed by atoms with Gasteiger partial charge in [0.1, 0.15) is 0 Å². The van der Waals surface area contributed by atoms with Crippen molar-refractivity contribution in [2.24, 2.45) is 0 Å². The molecule has 0 N–H and O–H groups in total. The topological polar surface area (TPSA) is 60.4 Å². The average Bonchev–Trinajstić information content (AvgIpc) is 1.84. The van der Waals surface area contributed by atoms with Gasteiger partial charge in [-0.1, -0.05) is 11.6 Å². The summed E-state index contributed by atoms with van der Waals surface area (Å²) in [6, 6.07) is 0. The first-order chi connectivity index (χ1) is 4.95. The zero-order chi connectivity index (χ0) is 9.02. The largest absolute Gasteiger partial charge is 0.438 e. The van der Waals surface area contributed by atoms with Crippen LogP contribution in [0.2, 0.25) is 0 Å². The van der Waals surface area contributed by atoms with E-state index in [0.717, 1.165) is 13.8 Å². The lowest BCUT2D eigenvalue weighted by molar-refractivity contribution is -0.150. The third-order valence-electron chi connectivity index (χ3n) is 0.823. The van der Waals surface area contributed by atoms with Crippen LogP contribution in [0.15, 0.2) is 0 Å². The predicted molar refractivity (Wildman–Crippen MR) is 37.1 cm³/mol. The molecular formula is C6H7ClO4. The molecule has 0 aliphatic rings. The van der Waals surface area contributed by atoms with Gasteiger partial charge in [-0.15, -0.1) is 0 Å². The van der Waals surface area contributed by atoms with E-state index in [1.165, 1.54) is 0 Å². The summed E-state index contributed by atoms with van der Waals surface area (Å²) in [5.74, 6) is -2.34. The van der Waals surface area contributed by atoms with E-state index in [0.29, 0.717) is 0 Å². The summed E-state index contributed by atoms with van der Waals surface area (Å²) in [7, 11) is 0. The molecule has 4 nitrogen and oxygen atoms in total. The Labute approximate surface area is 68.5 Å². The number of halogens is 1. The number of hydrogen-bond donors (Lipinski definition) is 0. The highest BCUT2D eigenvalue weighted by atomic mass is 35.5. The number of Topliss-reactive ketones (excluding diaryl/α,β-unsaturated/α-hetero) is 2. The minimum Gasteiger partial charge on any atom is -0.438 e. The van der Waals surface area contributed by atoms with Gasteiger partial charge in [0.25, 0.3) is 5.78 Å². The molecular weight excluding hydrogens is 172 g/mol. The van der Waals surface area contributed by atoms with Crippen molar-refractivity contribution >= 4 is 29.1 Å². The summed E-state index contributed by atoms with van der Waals surface area (Å²) in [6.07, 6.45) is 0. The van der Waals surface area contributed by atoms with Crippen molar-refractivity contribution in [2.45, 2.75) is 19.4 Å². The zero-order valence-electron chi connectivity index (χ0n) is 6.09. The van der Waals surface area contributed by atoms with Gasteiger partial charge in [0, 0.05) is 13.8 Å². The second-order valence-corrected chi connectivity index (χ2v) is 2.24. The van der Waals surface area contributed by atoms with E-state index in [1.807, 2.05) is 0 Å². The van der Waals surface area contributed by atoms with Crippen molar-refractivity contribution in [3.8, 4) is 0 Å². The van der Waals surface area contributed by atoms with E-state index in [2.05, 4.69) is 4.74 Å². The Morgan fingerprint density at radius 3 is 2.00 bits per heavy atom. The van der Waals surface area contributed by atoms with Crippen molar-refractivity contribution in [3.63, 3.8) is 0 Å². The van der Waals surface area contributed by atoms with Gasteiger partial charge in [-0.25, -0.2) is 0 Å². The van der Waals surface area contributed by atoms with Crippen molar-refractivity contribution in [1.82, 2.24) is 0 Å². The highest BCUT2D eigenvalue weighted by Crippen LogP contribution is 2.00. The van der Waals surface area contributed by atoms with Gasteiger partial charge in [-0.3, -0.25) is 14.4 Å². The lowest BCUT2D eigenvalue weighted by Gasteiger charge is -2.04. The van der Waals surface area contributed by atoms with Crippen molar-refractivity contribution in [3.05, 3.63) is 0 Å². The molecule has 0 saturated heterocycles. The third-order valence-corrected chi connectivity index (χ3v) is 1.11. The van der Waals surface area contributed by atoms with Gasteiger partial charge in [0.2, 0.25) is 11.3 Å². The highest BCUT2D eigenvalue weighted by molar-refractivity contribution is 6.48. The molecule has 0 aliphatic heterocycles. The molecule has 62 valence electrons. The molecule has 0 radical (unpaired) electrons. The van der Waals surface area contributed by atoms with Gasteiger partial charge in [0.05, 0.1) is 0 Å². The number of ether oxygens (including phenoxy) is 1. The van der Waals surface area contributed by atoms with Crippen LogP contribution in [0.1, 0.15) is 13.8 Å². The summed E-state index contributed by atoms with van der Waals surface area (Å²) in [5.41, 5.74) is -1.48. The van der Waals surface area contributed by atoms with Crippen molar-refractivity contribution in [1.29, 1.82) is 0 Å². The fourth-order valence-corrected chi connectivity index (χ4v) is 0.638. The second-order valence-electron chi connectivity index (χ2n) is 1.85. The van der Waals surface area contributed by atoms with Crippen LogP contribution >= 0.6 is 11.6 Å². The Balaban J connectivity index is 4.03. The predicted octanol–water partition coefficient (Wildman–Crippen LogP) is 0.272. The SMILES string of the molecule is CC(=O)OC(Cl)C(=O)C(C)=O. The number of esters is 1. The molecule has 1 atom stereocenters. The summed E-state index contributed by atoms with van der Waals surface area (Å²) in [4.78, 5) is 31.2. The van der Waals surface area contributed by atoms with E-state index in [9.17, 15) is 14.4 Å². The van der Waals surface area contributed by atoms with Gasteiger partial charge in [-0.05, 0) is 0 Å². The summed E-state index contributed by atoms with van der Waals surface area (Å²) in [6.45, 7) is 2.16. The molecule has 0 amide bonds. The first kappa shape index (κ1) is 10.1. The summed E-state index contributed by atoms with van der Waals surface area (Å²) >= 11 is 5.21. The molecule has 0 aliphatic carbocycles.